The van der Waals surface area contributed by atoms with Gasteiger partial charge in [-0.25, -0.2) is 12.8 Å². The second-order valence-corrected chi connectivity index (χ2v) is 12.7. The van der Waals surface area contributed by atoms with Crippen LogP contribution >= 0.6 is 0 Å². The van der Waals surface area contributed by atoms with Gasteiger partial charge in [0.05, 0.1) is 28.8 Å². The van der Waals surface area contributed by atoms with Gasteiger partial charge in [0.2, 0.25) is 0 Å². The van der Waals surface area contributed by atoms with Crippen LogP contribution in [0.2, 0.25) is 0 Å². The van der Waals surface area contributed by atoms with E-state index in [2.05, 4.69) is 0 Å². The van der Waals surface area contributed by atoms with Gasteiger partial charge in [0.25, 0.3) is 15.6 Å². The quantitative estimate of drug-likeness (QED) is 0.324. The number of aryl methyl sites for hydroxylation is 1. The first-order valence-corrected chi connectivity index (χ1v) is 14.5. The normalized spacial score (nSPS) is 25.1. The van der Waals surface area contributed by atoms with E-state index in [9.17, 15) is 64.4 Å². The zero-order chi connectivity index (χ0) is 32.1. The van der Waals surface area contributed by atoms with Crippen molar-refractivity contribution in [1.82, 2.24) is 0 Å². The standard InChI is InChI=1S/C27H28F7NO7S/c28-18-3-6-21(7-4-18)43(41,42)35-19(12-20(37)11-15-9-16(13-36)24(39)23(15)38)5-1-14-10-17(2-8-22(14)35)25(40,26(29,30)31)27(32,33)34/h2-4,6-8,10,15-16,19,23-24,36,38-40H,1,5,9,11-13H2/t15-,16+,19-,23-,24+/m0/s1. The molecule has 0 spiro atoms. The number of alkyl halides is 6. The smallest absolute Gasteiger partial charge is 0.396 e. The molecule has 4 N–H and O–H groups in total. The SMILES string of the molecule is O=C(C[C@@H]1C[C@H](CO)[C@@H](O)[C@H]1O)C[C@@H]1CCc2cc(C(O)(C(F)(F)F)C(F)(F)F)ccc2N1S(=O)(=O)c1ccc(F)cc1. The van der Waals surface area contributed by atoms with Crippen molar-refractivity contribution in [2.24, 2.45) is 11.8 Å². The van der Waals surface area contributed by atoms with E-state index in [1.807, 2.05) is 0 Å². The average molecular weight is 644 g/mol. The number of hydrogen-bond donors (Lipinski definition) is 4. The second-order valence-electron chi connectivity index (χ2n) is 10.9. The number of anilines is 1. The number of halogens is 7. The lowest BCUT2D eigenvalue weighted by Crippen LogP contribution is -2.54. The zero-order valence-corrected chi connectivity index (χ0v) is 23.0. The van der Waals surface area contributed by atoms with Crippen molar-refractivity contribution in [2.75, 3.05) is 10.9 Å². The summed E-state index contributed by atoms with van der Waals surface area (Å²) in [5.74, 6) is -2.76. The van der Waals surface area contributed by atoms with Gasteiger partial charge in [0.15, 0.2) is 0 Å². The highest BCUT2D eigenvalue weighted by Gasteiger charge is 2.71. The summed E-state index contributed by atoms with van der Waals surface area (Å²) in [4.78, 5) is 12.6. The molecule has 2 aliphatic rings. The fourth-order valence-corrected chi connectivity index (χ4v) is 7.55. The second kappa shape index (κ2) is 11.6. The minimum absolute atomic E-state index is 0.111. The van der Waals surface area contributed by atoms with Crippen LogP contribution in [0, 0.1) is 17.7 Å². The molecule has 43 heavy (non-hydrogen) atoms. The van der Waals surface area contributed by atoms with Crippen LogP contribution in [-0.2, 0) is 26.8 Å². The molecular formula is C27H28F7NO7S. The number of rotatable bonds is 8. The van der Waals surface area contributed by atoms with E-state index in [0.717, 1.165) is 24.3 Å². The molecule has 2 aromatic carbocycles. The Labute approximate surface area is 241 Å². The average Bonchev–Trinajstić information content (AvgIpc) is 3.18. The number of Topliss-reactive ketones (excluding diaryl/α,β-unsaturated/α-hetero) is 1. The van der Waals surface area contributed by atoms with Gasteiger partial charge in [-0.15, -0.1) is 0 Å². The van der Waals surface area contributed by atoms with E-state index in [0.29, 0.717) is 22.5 Å². The molecule has 1 saturated carbocycles. The zero-order valence-electron chi connectivity index (χ0n) is 22.2. The highest BCUT2D eigenvalue weighted by Crippen LogP contribution is 2.51. The fourth-order valence-electron chi connectivity index (χ4n) is 5.83. The Bertz CT molecular complexity index is 1430. The Morgan fingerprint density at radius 2 is 1.49 bits per heavy atom. The lowest BCUT2D eigenvalue weighted by Gasteiger charge is -2.39. The van der Waals surface area contributed by atoms with Gasteiger partial charge in [-0.3, -0.25) is 9.10 Å². The highest BCUT2D eigenvalue weighted by molar-refractivity contribution is 7.92. The van der Waals surface area contributed by atoms with E-state index in [1.165, 1.54) is 0 Å². The van der Waals surface area contributed by atoms with Crippen molar-refractivity contribution in [1.29, 1.82) is 0 Å². The van der Waals surface area contributed by atoms with Gasteiger partial charge in [-0.2, -0.15) is 26.3 Å². The summed E-state index contributed by atoms with van der Waals surface area (Å²) in [6, 6.07) is 3.72. The van der Waals surface area contributed by atoms with Crippen LogP contribution in [0.1, 0.15) is 36.8 Å². The monoisotopic (exact) mass is 643 g/mol. The maximum Gasteiger partial charge on any atom is 0.430 e. The minimum atomic E-state index is -6.17. The van der Waals surface area contributed by atoms with Crippen molar-refractivity contribution in [3.8, 4) is 0 Å². The fraction of sp³-hybridized carbons (Fsp3) is 0.519. The maximum absolute atomic E-state index is 13.8. The molecule has 8 nitrogen and oxygen atoms in total. The topological polar surface area (TPSA) is 135 Å². The van der Waals surface area contributed by atoms with Gasteiger partial charge in [-0.05, 0) is 61.1 Å². The molecular weight excluding hydrogens is 615 g/mol. The van der Waals surface area contributed by atoms with Crippen LogP contribution in [0.15, 0.2) is 47.4 Å². The Balaban J connectivity index is 1.74. The summed E-state index contributed by atoms with van der Waals surface area (Å²) in [5, 5.41) is 39.6. The van der Waals surface area contributed by atoms with E-state index in [1.54, 1.807) is 0 Å². The van der Waals surface area contributed by atoms with Gasteiger partial charge in [-0.1, -0.05) is 12.1 Å². The number of ketones is 1. The molecule has 1 aliphatic heterocycles. The van der Waals surface area contributed by atoms with E-state index in [-0.39, 0.29) is 36.9 Å². The van der Waals surface area contributed by atoms with Gasteiger partial charge < -0.3 is 20.4 Å². The van der Waals surface area contributed by atoms with Crippen LogP contribution < -0.4 is 4.31 Å². The van der Waals surface area contributed by atoms with Crippen LogP contribution in [0.5, 0.6) is 0 Å². The Morgan fingerprint density at radius 3 is 2.02 bits per heavy atom. The van der Waals surface area contributed by atoms with E-state index in [4.69, 9.17) is 0 Å². The van der Waals surface area contributed by atoms with Gasteiger partial charge in [0, 0.05) is 30.9 Å². The van der Waals surface area contributed by atoms with Gasteiger partial charge in [0.1, 0.15) is 11.6 Å². The summed E-state index contributed by atoms with van der Waals surface area (Å²) < 4.78 is 123. The Kier molecular flexibility index (Phi) is 8.94. The molecule has 0 radical (unpaired) electrons. The maximum atomic E-state index is 13.8. The third-order valence-corrected chi connectivity index (χ3v) is 9.99. The molecule has 0 unspecified atom stereocenters. The predicted octanol–water partition coefficient (Wildman–Crippen LogP) is 3.35. The summed E-state index contributed by atoms with van der Waals surface area (Å²) in [6.45, 7) is -0.439. The number of carbonyl (C=O) groups is 1. The molecule has 1 heterocycles. The van der Waals surface area contributed by atoms with Crippen LogP contribution in [0.4, 0.5) is 36.4 Å². The number of benzene rings is 2. The summed E-state index contributed by atoms with van der Waals surface area (Å²) in [7, 11) is -4.67. The third kappa shape index (κ3) is 5.99. The molecule has 1 fully saturated rings. The minimum Gasteiger partial charge on any atom is -0.396 e. The summed E-state index contributed by atoms with van der Waals surface area (Å²) in [5.41, 5.74) is -7.44. The van der Waals surface area contributed by atoms with Crippen molar-refractivity contribution < 1.29 is 64.4 Å². The molecule has 1 aliphatic carbocycles. The molecule has 4 rings (SSSR count). The molecule has 16 heteroatoms. The molecule has 0 saturated heterocycles. The number of aliphatic hydroxyl groups excluding tert-OH is 3. The Hall–Kier alpha value is -2.79. The molecule has 0 bridgehead atoms. The molecule has 0 amide bonds. The first-order valence-electron chi connectivity index (χ1n) is 13.1. The molecule has 238 valence electrons. The summed E-state index contributed by atoms with van der Waals surface area (Å²) in [6.07, 6.45) is -16.1. The number of carbonyl (C=O) groups excluding carboxylic acids is 1. The first-order chi connectivity index (χ1) is 19.8. The van der Waals surface area contributed by atoms with Crippen molar-refractivity contribution in [2.45, 2.75) is 73.2 Å². The number of hydrogen-bond acceptors (Lipinski definition) is 7. The molecule has 5 atom stereocenters. The van der Waals surface area contributed by atoms with Crippen molar-refractivity contribution in [3.05, 3.63) is 59.4 Å². The van der Waals surface area contributed by atoms with Crippen molar-refractivity contribution >= 4 is 21.5 Å². The number of nitrogens with zero attached hydrogens (tertiary/aromatic N) is 1. The first kappa shape index (κ1) is 33.1. The Morgan fingerprint density at radius 1 is 0.907 bits per heavy atom. The molecule has 0 aromatic heterocycles. The number of aliphatic hydroxyl groups is 4. The predicted molar refractivity (Wildman–Crippen MR) is 136 cm³/mol. The van der Waals surface area contributed by atoms with Crippen LogP contribution in [0.25, 0.3) is 0 Å². The highest BCUT2D eigenvalue weighted by atomic mass is 32.2. The lowest BCUT2D eigenvalue weighted by molar-refractivity contribution is -0.376. The van der Waals surface area contributed by atoms with Gasteiger partial charge >= 0.3 is 12.4 Å². The van der Waals surface area contributed by atoms with Crippen LogP contribution in [-0.4, -0.2) is 71.8 Å². The lowest BCUT2D eigenvalue weighted by atomic mass is 9.86. The van der Waals surface area contributed by atoms with Crippen molar-refractivity contribution in [3.63, 3.8) is 0 Å². The van der Waals surface area contributed by atoms with E-state index >= 15 is 0 Å². The third-order valence-electron chi connectivity index (χ3n) is 8.11. The molecule has 2 aromatic rings. The van der Waals surface area contributed by atoms with E-state index < -0.39 is 93.1 Å². The van der Waals surface area contributed by atoms with Crippen LogP contribution in [0.3, 0.4) is 0 Å². The number of fused-ring (bicyclic) bond motifs is 1. The summed E-state index contributed by atoms with van der Waals surface area (Å²) >= 11 is 0. The number of sulfonamides is 1. The largest absolute Gasteiger partial charge is 0.430 e.